The first-order valence-electron chi connectivity index (χ1n) is 5.84. The molecule has 1 aromatic heterocycles. The number of nitrogens with two attached hydrogens (primary N) is 1. The number of nitrogens with zero attached hydrogens (tertiary/aromatic N) is 3. The summed E-state index contributed by atoms with van der Waals surface area (Å²) < 4.78 is 0. The number of amides is 2. The first-order chi connectivity index (χ1) is 8.90. The lowest BCUT2D eigenvalue weighted by molar-refractivity contribution is -0.129. The molecule has 0 saturated heterocycles. The van der Waals surface area contributed by atoms with E-state index in [1.54, 1.807) is 21.1 Å². The van der Waals surface area contributed by atoms with Gasteiger partial charge >= 0.3 is 0 Å². The van der Waals surface area contributed by atoms with Crippen molar-refractivity contribution in [1.82, 2.24) is 14.8 Å². The Morgan fingerprint density at radius 2 is 2.05 bits per heavy atom. The molecule has 19 heavy (non-hydrogen) atoms. The lowest BCUT2D eigenvalue weighted by Crippen LogP contribution is -2.40. The second-order valence-electron chi connectivity index (χ2n) is 4.09. The Morgan fingerprint density at radius 1 is 1.42 bits per heavy atom. The number of nitrogens with one attached hydrogen (secondary N) is 1. The summed E-state index contributed by atoms with van der Waals surface area (Å²) in [5.41, 5.74) is 5.72. The van der Waals surface area contributed by atoms with Gasteiger partial charge in [0.2, 0.25) is 5.91 Å². The van der Waals surface area contributed by atoms with Crippen molar-refractivity contribution in [3.8, 4) is 0 Å². The predicted octanol–water partition coefficient (Wildman–Crippen LogP) is 0.317. The average molecular weight is 285 g/mol. The van der Waals surface area contributed by atoms with Crippen LogP contribution in [0, 0.1) is 0 Å². The summed E-state index contributed by atoms with van der Waals surface area (Å²) in [4.78, 5) is 31.3. The SMILES string of the molecule is CCN(CC(=O)N(C)C)C(=O)c1sc(NC)nc1N. The first-order valence-corrected chi connectivity index (χ1v) is 6.65. The third-order valence-corrected chi connectivity index (χ3v) is 3.63. The van der Waals surface area contributed by atoms with E-state index >= 15 is 0 Å². The van der Waals surface area contributed by atoms with Gasteiger partial charge < -0.3 is 20.9 Å². The minimum Gasteiger partial charge on any atom is -0.382 e. The highest BCUT2D eigenvalue weighted by atomic mass is 32.1. The maximum atomic E-state index is 12.3. The highest BCUT2D eigenvalue weighted by molar-refractivity contribution is 7.18. The molecule has 0 radical (unpaired) electrons. The molecule has 1 aromatic rings. The zero-order valence-electron chi connectivity index (χ0n) is 11.6. The van der Waals surface area contributed by atoms with E-state index in [1.165, 1.54) is 21.1 Å². The van der Waals surface area contributed by atoms with Crippen molar-refractivity contribution >= 4 is 34.1 Å². The van der Waals surface area contributed by atoms with Gasteiger partial charge in [0, 0.05) is 27.7 Å². The first kappa shape index (κ1) is 15.2. The zero-order chi connectivity index (χ0) is 14.6. The molecule has 8 heteroatoms. The molecule has 0 bridgehead atoms. The second kappa shape index (κ2) is 6.37. The Hall–Kier alpha value is -1.83. The summed E-state index contributed by atoms with van der Waals surface area (Å²) in [6, 6.07) is 0. The minimum absolute atomic E-state index is 0.0363. The average Bonchev–Trinajstić information content (AvgIpc) is 2.75. The molecule has 2 amide bonds. The standard InChI is InChI=1S/C11H19N5O2S/c1-5-16(6-7(17)15(3)4)10(18)8-9(12)14-11(13-2)19-8/h5-6,12H2,1-4H3,(H,13,14). The van der Waals surface area contributed by atoms with Crippen molar-refractivity contribution in [1.29, 1.82) is 0 Å². The molecule has 0 atom stereocenters. The van der Waals surface area contributed by atoms with E-state index < -0.39 is 0 Å². The number of likely N-dealkylation sites (N-methyl/N-ethyl adjacent to an activating group) is 2. The monoisotopic (exact) mass is 285 g/mol. The van der Waals surface area contributed by atoms with Gasteiger partial charge in [-0.15, -0.1) is 0 Å². The number of thiazole rings is 1. The van der Waals surface area contributed by atoms with Gasteiger partial charge in [-0.2, -0.15) is 0 Å². The minimum atomic E-state index is -0.269. The van der Waals surface area contributed by atoms with Crippen LogP contribution < -0.4 is 11.1 Å². The van der Waals surface area contributed by atoms with Gasteiger partial charge in [0.15, 0.2) is 5.13 Å². The molecule has 0 spiro atoms. The number of nitrogen functional groups attached to an aromatic ring is 1. The molecular weight excluding hydrogens is 266 g/mol. The Bertz CT molecular complexity index is 472. The fraction of sp³-hybridized carbons (Fsp3) is 0.545. The van der Waals surface area contributed by atoms with Crippen molar-refractivity contribution < 1.29 is 9.59 Å². The van der Waals surface area contributed by atoms with E-state index in [4.69, 9.17) is 5.73 Å². The van der Waals surface area contributed by atoms with Crippen molar-refractivity contribution in [3.05, 3.63) is 4.88 Å². The van der Waals surface area contributed by atoms with E-state index in [0.29, 0.717) is 16.6 Å². The molecule has 3 N–H and O–H groups in total. The molecule has 0 aliphatic heterocycles. The van der Waals surface area contributed by atoms with Crippen LogP contribution >= 0.6 is 11.3 Å². The van der Waals surface area contributed by atoms with Gasteiger partial charge in [0.1, 0.15) is 17.2 Å². The molecule has 1 heterocycles. The summed E-state index contributed by atoms with van der Waals surface area (Å²) in [5, 5.41) is 3.42. The van der Waals surface area contributed by atoms with Crippen molar-refractivity contribution in [3.63, 3.8) is 0 Å². The smallest absolute Gasteiger partial charge is 0.268 e. The third kappa shape index (κ3) is 3.57. The van der Waals surface area contributed by atoms with E-state index in [9.17, 15) is 9.59 Å². The fourth-order valence-electron chi connectivity index (χ4n) is 1.37. The van der Waals surface area contributed by atoms with Gasteiger partial charge in [0.05, 0.1) is 0 Å². The quantitative estimate of drug-likeness (QED) is 0.813. The molecule has 0 aliphatic rings. The van der Waals surface area contributed by atoms with Crippen LogP contribution in [0.15, 0.2) is 0 Å². The fourth-order valence-corrected chi connectivity index (χ4v) is 2.17. The van der Waals surface area contributed by atoms with Crippen molar-refractivity contribution in [2.45, 2.75) is 6.92 Å². The number of aromatic nitrogens is 1. The highest BCUT2D eigenvalue weighted by Crippen LogP contribution is 2.25. The van der Waals surface area contributed by atoms with Gasteiger partial charge in [-0.3, -0.25) is 9.59 Å². The number of anilines is 2. The second-order valence-corrected chi connectivity index (χ2v) is 5.09. The number of hydrogen-bond donors (Lipinski definition) is 2. The van der Waals surface area contributed by atoms with Crippen LogP contribution in [0.1, 0.15) is 16.6 Å². The molecule has 0 aliphatic carbocycles. The maximum absolute atomic E-state index is 12.3. The summed E-state index contributed by atoms with van der Waals surface area (Å²) >= 11 is 1.18. The summed E-state index contributed by atoms with van der Waals surface area (Å²) in [5.74, 6) is -0.212. The highest BCUT2D eigenvalue weighted by Gasteiger charge is 2.23. The van der Waals surface area contributed by atoms with Crippen LogP contribution in [-0.2, 0) is 4.79 Å². The normalized spacial score (nSPS) is 10.1. The number of hydrogen-bond acceptors (Lipinski definition) is 6. The lowest BCUT2D eigenvalue weighted by Gasteiger charge is -2.21. The lowest BCUT2D eigenvalue weighted by atomic mass is 10.3. The molecule has 0 unspecified atom stereocenters. The number of carbonyl (C=O) groups excluding carboxylic acids is 2. The van der Waals surface area contributed by atoms with Crippen LogP contribution in [0.5, 0.6) is 0 Å². The van der Waals surface area contributed by atoms with Crippen molar-refractivity contribution in [2.24, 2.45) is 0 Å². The maximum Gasteiger partial charge on any atom is 0.268 e. The Kier molecular flexibility index (Phi) is 5.11. The zero-order valence-corrected chi connectivity index (χ0v) is 12.4. The molecule has 106 valence electrons. The number of rotatable bonds is 5. The van der Waals surface area contributed by atoms with Crippen LogP contribution in [0.2, 0.25) is 0 Å². The van der Waals surface area contributed by atoms with E-state index in [2.05, 4.69) is 10.3 Å². The van der Waals surface area contributed by atoms with Crippen LogP contribution in [0.3, 0.4) is 0 Å². The van der Waals surface area contributed by atoms with Gasteiger partial charge in [0.25, 0.3) is 5.91 Å². The summed E-state index contributed by atoms with van der Waals surface area (Å²) in [6.07, 6.45) is 0. The molecule has 0 aromatic carbocycles. The van der Waals surface area contributed by atoms with Crippen molar-refractivity contribution in [2.75, 3.05) is 45.3 Å². The number of carbonyl (C=O) groups is 2. The van der Waals surface area contributed by atoms with Gasteiger partial charge in [-0.25, -0.2) is 4.98 Å². The molecule has 0 saturated carbocycles. The van der Waals surface area contributed by atoms with E-state index in [0.717, 1.165) is 0 Å². The molecule has 7 nitrogen and oxygen atoms in total. The largest absolute Gasteiger partial charge is 0.382 e. The Morgan fingerprint density at radius 3 is 2.47 bits per heavy atom. The van der Waals surface area contributed by atoms with Gasteiger partial charge in [-0.1, -0.05) is 11.3 Å². The van der Waals surface area contributed by atoms with Crippen LogP contribution in [0.4, 0.5) is 10.9 Å². The molecule has 0 fully saturated rings. The summed E-state index contributed by atoms with van der Waals surface area (Å²) in [6.45, 7) is 2.29. The van der Waals surface area contributed by atoms with Gasteiger partial charge in [-0.05, 0) is 6.92 Å². The summed E-state index contributed by atoms with van der Waals surface area (Å²) in [7, 11) is 5.02. The van der Waals surface area contributed by atoms with E-state index in [-0.39, 0.29) is 24.2 Å². The Labute approximate surface area is 116 Å². The molecular formula is C11H19N5O2S. The predicted molar refractivity (Wildman–Crippen MR) is 76.3 cm³/mol. The Balaban J connectivity index is 2.89. The van der Waals surface area contributed by atoms with E-state index in [1.807, 2.05) is 6.92 Å². The third-order valence-electron chi connectivity index (χ3n) is 2.56. The molecule has 1 rings (SSSR count). The van der Waals surface area contributed by atoms with Crippen LogP contribution in [0.25, 0.3) is 0 Å². The topological polar surface area (TPSA) is 91.6 Å². The van der Waals surface area contributed by atoms with Crippen LogP contribution in [-0.4, -0.2) is 60.8 Å².